The number of H-pyrrole nitrogens is 1. The van der Waals surface area contributed by atoms with Crippen molar-refractivity contribution in [3.05, 3.63) is 26.5 Å². The van der Waals surface area contributed by atoms with E-state index in [9.17, 15) is 0 Å². The van der Waals surface area contributed by atoms with Crippen molar-refractivity contribution >= 4 is 45.8 Å². The molecule has 0 spiro atoms. The van der Waals surface area contributed by atoms with E-state index in [0.717, 1.165) is 10.7 Å². The second-order valence-corrected chi connectivity index (χ2v) is 7.02. The molecule has 1 saturated carbocycles. The Morgan fingerprint density at radius 1 is 1.39 bits per heavy atom. The van der Waals surface area contributed by atoms with Crippen LogP contribution in [0.25, 0.3) is 11.0 Å². The number of imidazole rings is 1. The van der Waals surface area contributed by atoms with E-state index in [2.05, 4.69) is 57.3 Å². The summed E-state index contributed by atoms with van der Waals surface area (Å²) in [5.74, 6) is 0.819. The van der Waals surface area contributed by atoms with Gasteiger partial charge in [-0.25, -0.2) is 0 Å². The number of halogens is 1. The van der Waals surface area contributed by atoms with Crippen molar-refractivity contribution < 1.29 is 0 Å². The Morgan fingerprint density at radius 3 is 3.00 bits per heavy atom. The maximum Gasteiger partial charge on any atom is 0.178 e. The van der Waals surface area contributed by atoms with Gasteiger partial charge >= 0.3 is 0 Å². The zero-order chi connectivity index (χ0) is 12.7. The van der Waals surface area contributed by atoms with Crippen molar-refractivity contribution in [2.24, 2.45) is 5.92 Å². The lowest BCUT2D eigenvalue weighted by molar-refractivity contribution is 0.285. The minimum Gasteiger partial charge on any atom is -0.331 e. The molecule has 2 aromatic rings. The molecule has 1 aromatic heterocycles. The summed E-state index contributed by atoms with van der Waals surface area (Å²) in [7, 11) is 0. The highest BCUT2D eigenvalue weighted by molar-refractivity contribution is 14.1. The quantitative estimate of drug-likeness (QED) is 0.549. The summed E-state index contributed by atoms with van der Waals surface area (Å²) in [5.41, 5.74) is 2.43. The van der Waals surface area contributed by atoms with Crippen LogP contribution in [0, 0.1) is 14.3 Å². The van der Waals surface area contributed by atoms with Crippen molar-refractivity contribution in [1.29, 1.82) is 0 Å². The van der Waals surface area contributed by atoms with Gasteiger partial charge < -0.3 is 9.55 Å². The maximum absolute atomic E-state index is 5.52. The number of nitrogens with zero attached hydrogens (tertiary/aromatic N) is 1. The molecule has 1 aliphatic carbocycles. The normalized spacial score (nSPS) is 24.6. The van der Waals surface area contributed by atoms with Gasteiger partial charge in [0.05, 0.1) is 11.0 Å². The highest BCUT2D eigenvalue weighted by Gasteiger charge is 2.22. The molecule has 96 valence electrons. The first-order valence-corrected chi connectivity index (χ1v) is 8.03. The first-order chi connectivity index (χ1) is 8.65. The summed E-state index contributed by atoms with van der Waals surface area (Å²) >= 11 is 7.86. The van der Waals surface area contributed by atoms with E-state index in [4.69, 9.17) is 12.2 Å². The Balaban J connectivity index is 2.10. The topological polar surface area (TPSA) is 20.7 Å². The zero-order valence-corrected chi connectivity index (χ0v) is 13.4. The fourth-order valence-electron chi connectivity index (χ4n) is 3.10. The summed E-state index contributed by atoms with van der Waals surface area (Å²) in [6.45, 7) is 2.35. The van der Waals surface area contributed by atoms with Crippen molar-refractivity contribution in [2.75, 3.05) is 0 Å². The van der Waals surface area contributed by atoms with Gasteiger partial charge in [0.1, 0.15) is 0 Å². The van der Waals surface area contributed by atoms with Gasteiger partial charge in [-0.2, -0.15) is 0 Å². The van der Waals surface area contributed by atoms with Gasteiger partial charge in [-0.3, -0.25) is 0 Å². The highest BCUT2D eigenvalue weighted by atomic mass is 127. The Morgan fingerprint density at radius 2 is 2.22 bits per heavy atom. The molecule has 4 heteroatoms. The van der Waals surface area contributed by atoms with Crippen LogP contribution in [0.3, 0.4) is 0 Å². The molecular formula is C14H17IN2S. The van der Waals surface area contributed by atoms with Gasteiger partial charge in [-0.1, -0.05) is 19.8 Å². The third-order valence-corrected chi connectivity index (χ3v) is 4.92. The van der Waals surface area contributed by atoms with Gasteiger partial charge in [0.2, 0.25) is 0 Å². The van der Waals surface area contributed by atoms with Crippen molar-refractivity contribution in [3.8, 4) is 0 Å². The molecule has 2 atom stereocenters. The third-order valence-electron chi connectivity index (χ3n) is 3.95. The fourth-order valence-corrected chi connectivity index (χ4v) is 3.95. The Kier molecular flexibility index (Phi) is 3.49. The number of nitrogens with one attached hydrogen (secondary N) is 1. The monoisotopic (exact) mass is 372 g/mol. The van der Waals surface area contributed by atoms with Crippen LogP contribution in [0.5, 0.6) is 0 Å². The fraction of sp³-hybridized carbons (Fsp3) is 0.500. The van der Waals surface area contributed by atoms with Crippen LogP contribution in [0.15, 0.2) is 18.2 Å². The predicted molar refractivity (Wildman–Crippen MR) is 86.5 cm³/mol. The van der Waals surface area contributed by atoms with E-state index in [1.54, 1.807) is 0 Å². The SMILES string of the molecule is CC1CCCC(n2c(=S)[nH]c3cc(I)ccc32)C1. The molecule has 1 fully saturated rings. The van der Waals surface area contributed by atoms with Crippen molar-refractivity contribution in [2.45, 2.75) is 38.6 Å². The number of hydrogen-bond acceptors (Lipinski definition) is 1. The molecule has 0 bridgehead atoms. The molecule has 0 aliphatic heterocycles. The minimum absolute atomic E-state index is 0.579. The number of aromatic nitrogens is 2. The Bertz CT molecular complexity index is 628. The van der Waals surface area contributed by atoms with E-state index in [1.165, 1.54) is 40.3 Å². The average Bonchev–Trinajstić information content (AvgIpc) is 2.64. The molecule has 0 radical (unpaired) electrons. The van der Waals surface area contributed by atoms with E-state index >= 15 is 0 Å². The number of fused-ring (bicyclic) bond motifs is 1. The van der Waals surface area contributed by atoms with Gasteiger partial charge in [0.25, 0.3) is 0 Å². The summed E-state index contributed by atoms with van der Waals surface area (Å²) in [6, 6.07) is 7.11. The molecule has 0 amide bonds. The van der Waals surface area contributed by atoms with Gasteiger partial charge in [0.15, 0.2) is 4.77 Å². The Hall–Kier alpha value is -0.360. The third kappa shape index (κ3) is 2.25. The molecule has 0 saturated heterocycles. The molecule has 1 aliphatic rings. The molecule has 18 heavy (non-hydrogen) atoms. The van der Waals surface area contributed by atoms with Crippen molar-refractivity contribution in [1.82, 2.24) is 9.55 Å². The molecular weight excluding hydrogens is 355 g/mol. The average molecular weight is 372 g/mol. The molecule has 1 heterocycles. The highest BCUT2D eigenvalue weighted by Crippen LogP contribution is 2.34. The summed E-state index contributed by atoms with van der Waals surface area (Å²) in [5, 5.41) is 0. The van der Waals surface area contributed by atoms with Crippen LogP contribution in [-0.2, 0) is 0 Å². The van der Waals surface area contributed by atoms with Gasteiger partial charge in [-0.15, -0.1) is 0 Å². The number of aromatic amines is 1. The van der Waals surface area contributed by atoms with Gasteiger partial charge in [0, 0.05) is 9.61 Å². The van der Waals surface area contributed by atoms with E-state index < -0.39 is 0 Å². The lowest BCUT2D eigenvalue weighted by atomic mass is 9.87. The summed E-state index contributed by atoms with van der Waals surface area (Å²) in [6.07, 6.45) is 5.21. The predicted octanol–water partition coefficient (Wildman–Crippen LogP) is 5.05. The molecule has 2 nitrogen and oxygen atoms in total. The lowest BCUT2D eigenvalue weighted by Gasteiger charge is -2.28. The second-order valence-electron chi connectivity index (χ2n) is 5.39. The first kappa shape index (κ1) is 12.7. The second kappa shape index (κ2) is 4.96. The van der Waals surface area contributed by atoms with E-state index in [-0.39, 0.29) is 0 Å². The molecule has 2 unspecified atom stereocenters. The smallest absolute Gasteiger partial charge is 0.178 e. The van der Waals surface area contributed by atoms with E-state index in [1.807, 2.05) is 0 Å². The molecule has 1 aromatic carbocycles. The van der Waals surface area contributed by atoms with Crippen LogP contribution in [-0.4, -0.2) is 9.55 Å². The van der Waals surface area contributed by atoms with Crippen LogP contribution in [0.4, 0.5) is 0 Å². The van der Waals surface area contributed by atoms with Crippen LogP contribution in [0.2, 0.25) is 0 Å². The van der Waals surface area contributed by atoms with Crippen molar-refractivity contribution in [3.63, 3.8) is 0 Å². The maximum atomic E-state index is 5.52. The lowest BCUT2D eigenvalue weighted by Crippen LogP contribution is -2.17. The molecule has 1 N–H and O–H groups in total. The van der Waals surface area contributed by atoms with Crippen LogP contribution >= 0.6 is 34.8 Å². The molecule has 3 rings (SSSR count). The zero-order valence-electron chi connectivity index (χ0n) is 10.4. The number of rotatable bonds is 1. The minimum atomic E-state index is 0.579. The number of hydrogen-bond donors (Lipinski definition) is 1. The summed E-state index contributed by atoms with van der Waals surface area (Å²) < 4.78 is 4.47. The number of benzene rings is 1. The van der Waals surface area contributed by atoms with Gasteiger partial charge in [-0.05, 0) is 71.8 Å². The first-order valence-electron chi connectivity index (χ1n) is 6.55. The van der Waals surface area contributed by atoms with Crippen LogP contribution < -0.4 is 0 Å². The Labute approximate surface area is 126 Å². The summed E-state index contributed by atoms with van der Waals surface area (Å²) in [4.78, 5) is 3.35. The van der Waals surface area contributed by atoms with Crippen LogP contribution in [0.1, 0.15) is 38.6 Å². The standard InChI is InChI=1S/C14H17IN2S/c1-9-3-2-4-11(7-9)17-13-6-5-10(15)8-12(13)16-14(17)18/h5-6,8-9,11H,2-4,7H2,1H3,(H,16,18). The largest absolute Gasteiger partial charge is 0.331 e. The van der Waals surface area contributed by atoms with E-state index in [0.29, 0.717) is 6.04 Å².